The van der Waals surface area contributed by atoms with Crippen molar-refractivity contribution in [3.63, 3.8) is 0 Å². The number of aryl methyl sites for hydroxylation is 1. The first-order chi connectivity index (χ1) is 9.08. The molecule has 0 aliphatic carbocycles. The topological polar surface area (TPSA) is 27.3 Å². The smallest absolute Gasteiger partial charge is 0.0278 e. The van der Waals surface area contributed by atoms with E-state index in [1.54, 1.807) is 0 Å². The average Bonchev–Trinajstić information content (AvgIpc) is 2.40. The zero-order valence-corrected chi connectivity index (χ0v) is 12.5. The Hall–Kier alpha value is -0.900. The van der Waals surface area contributed by atoms with Crippen molar-refractivity contribution < 1.29 is 0 Å². The normalized spacial score (nSPS) is 17.6. The van der Waals surface area contributed by atoms with Gasteiger partial charge in [-0.25, -0.2) is 0 Å². The molecule has 2 N–H and O–H groups in total. The number of nitrogens with one attached hydrogen (secondary N) is 2. The molecule has 0 bridgehead atoms. The molecule has 1 fully saturated rings. The van der Waals surface area contributed by atoms with Crippen LogP contribution in [0.2, 0.25) is 0 Å². The first kappa shape index (κ1) is 14.5. The van der Waals surface area contributed by atoms with Crippen molar-refractivity contribution >= 4 is 0 Å². The van der Waals surface area contributed by atoms with Gasteiger partial charge in [0, 0.05) is 44.8 Å². The minimum Gasteiger partial charge on any atom is -0.314 e. The van der Waals surface area contributed by atoms with Crippen molar-refractivity contribution in [1.29, 1.82) is 0 Å². The third-order valence-corrected chi connectivity index (χ3v) is 3.94. The van der Waals surface area contributed by atoms with E-state index in [0.717, 1.165) is 39.3 Å². The molecule has 0 aromatic heterocycles. The van der Waals surface area contributed by atoms with E-state index in [1.165, 1.54) is 11.1 Å². The van der Waals surface area contributed by atoms with Crippen LogP contribution in [0.5, 0.6) is 0 Å². The Balaban J connectivity index is 1.80. The molecule has 19 heavy (non-hydrogen) atoms. The molecule has 0 radical (unpaired) electrons. The van der Waals surface area contributed by atoms with E-state index in [9.17, 15) is 0 Å². The number of benzene rings is 1. The number of hydrogen-bond acceptors (Lipinski definition) is 3. The summed E-state index contributed by atoms with van der Waals surface area (Å²) in [4.78, 5) is 2.58. The Morgan fingerprint density at radius 1 is 1.26 bits per heavy atom. The van der Waals surface area contributed by atoms with Crippen molar-refractivity contribution in [3.8, 4) is 0 Å². The van der Waals surface area contributed by atoms with Crippen molar-refractivity contribution in [2.24, 2.45) is 0 Å². The van der Waals surface area contributed by atoms with E-state index in [1.807, 2.05) is 0 Å². The quantitative estimate of drug-likeness (QED) is 0.846. The molecule has 1 aliphatic rings. The predicted molar refractivity (Wildman–Crippen MR) is 81.4 cm³/mol. The second-order valence-electron chi connectivity index (χ2n) is 6.14. The van der Waals surface area contributed by atoms with Crippen molar-refractivity contribution in [2.75, 3.05) is 32.7 Å². The molecular formula is C16H27N3. The van der Waals surface area contributed by atoms with Gasteiger partial charge in [-0.15, -0.1) is 0 Å². The van der Waals surface area contributed by atoms with Gasteiger partial charge < -0.3 is 10.6 Å². The number of piperazine rings is 1. The maximum Gasteiger partial charge on any atom is 0.0278 e. The summed E-state index contributed by atoms with van der Waals surface area (Å²) in [7, 11) is 0. The molecule has 1 aromatic carbocycles. The molecule has 3 nitrogen and oxygen atoms in total. The van der Waals surface area contributed by atoms with Gasteiger partial charge in [-0.1, -0.05) is 29.8 Å². The van der Waals surface area contributed by atoms with Gasteiger partial charge in [-0.3, -0.25) is 4.90 Å². The number of nitrogens with zero attached hydrogens (tertiary/aromatic N) is 1. The molecule has 0 saturated carbocycles. The zero-order valence-electron chi connectivity index (χ0n) is 12.5. The Labute approximate surface area is 117 Å². The third-order valence-electron chi connectivity index (χ3n) is 3.94. The van der Waals surface area contributed by atoms with Crippen LogP contribution in [0.15, 0.2) is 24.3 Å². The SMILES string of the molecule is Cc1cccc(CNCC(C)(C)N2CCNCC2)c1. The number of rotatable bonds is 5. The van der Waals surface area contributed by atoms with Crippen LogP contribution >= 0.6 is 0 Å². The van der Waals surface area contributed by atoms with Crippen LogP contribution in [0.3, 0.4) is 0 Å². The van der Waals surface area contributed by atoms with Crippen LogP contribution < -0.4 is 10.6 Å². The lowest BCUT2D eigenvalue weighted by molar-refractivity contribution is 0.102. The van der Waals surface area contributed by atoms with Crippen molar-refractivity contribution in [3.05, 3.63) is 35.4 Å². The maximum atomic E-state index is 3.60. The minimum absolute atomic E-state index is 0.228. The van der Waals surface area contributed by atoms with Crippen LogP contribution in [-0.4, -0.2) is 43.2 Å². The first-order valence-electron chi connectivity index (χ1n) is 7.30. The molecule has 1 heterocycles. The summed E-state index contributed by atoms with van der Waals surface area (Å²) >= 11 is 0. The van der Waals surface area contributed by atoms with Crippen LogP contribution in [0.1, 0.15) is 25.0 Å². The summed E-state index contributed by atoms with van der Waals surface area (Å²) < 4.78 is 0. The molecule has 1 saturated heterocycles. The fourth-order valence-electron chi connectivity index (χ4n) is 2.72. The van der Waals surface area contributed by atoms with Gasteiger partial charge >= 0.3 is 0 Å². The van der Waals surface area contributed by atoms with E-state index in [-0.39, 0.29) is 5.54 Å². The molecule has 0 spiro atoms. The Morgan fingerprint density at radius 2 is 2.00 bits per heavy atom. The van der Waals surface area contributed by atoms with Gasteiger partial charge in [0.25, 0.3) is 0 Å². The van der Waals surface area contributed by atoms with Crippen LogP contribution in [0, 0.1) is 6.92 Å². The van der Waals surface area contributed by atoms with Gasteiger partial charge in [0.2, 0.25) is 0 Å². The summed E-state index contributed by atoms with van der Waals surface area (Å²) in [5, 5.41) is 7.02. The molecule has 2 rings (SSSR count). The van der Waals surface area contributed by atoms with Gasteiger partial charge in [-0.05, 0) is 26.3 Å². The zero-order chi connectivity index (χ0) is 13.7. The van der Waals surface area contributed by atoms with Gasteiger partial charge in [0.05, 0.1) is 0 Å². The molecule has 0 amide bonds. The molecule has 0 unspecified atom stereocenters. The van der Waals surface area contributed by atoms with E-state index in [2.05, 4.69) is 60.6 Å². The lowest BCUT2D eigenvalue weighted by Gasteiger charge is -2.41. The molecule has 3 heteroatoms. The lowest BCUT2D eigenvalue weighted by atomic mass is 10.0. The third kappa shape index (κ3) is 4.30. The summed E-state index contributed by atoms with van der Waals surface area (Å²) in [6.45, 7) is 13.3. The van der Waals surface area contributed by atoms with Crippen LogP contribution in [-0.2, 0) is 6.54 Å². The summed E-state index contributed by atoms with van der Waals surface area (Å²) in [6.07, 6.45) is 0. The molecule has 1 aromatic rings. The largest absolute Gasteiger partial charge is 0.314 e. The van der Waals surface area contributed by atoms with Crippen molar-refractivity contribution in [1.82, 2.24) is 15.5 Å². The molecule has 0 atom stereocenters. The van der Waals surface area contributed by atoms with Crippen LogP contribution in [0.25, 0.3) is 0 Å². The number of hydrogen-bond donors (Lipinski definition) is 2. The molecular weight excluding hydrogens is 234 g/mol. The fourth-order valence-corrected chi connectivity index (χ4v) is 2.72. The van der Waals surface area contributed by atoms with E-state index < -0.39 is 0 Å². The summed E-state index contributed by atoms with van der Waals surface area (Å²) in [6, 6.07) is 8.73. The van der Waals surface area contributed by atoms with Gasteiger partial charge in [0.15, 0.2) is 0 Å². The molecule has 106 valence electrons. The van der Waals surface area contributed by atoms with E-state index >= 15 is 0 Å². The first-order valence-corrected chi connectivity index (χ1v) is 7.30. The highest BCUT2D eigenvalue weighted by molar-refractivity contribution is 5.21. The Kier molecular flexibility index (Phi) is 4.97. The Bertz CT molecular complexity index is 395. The fraction of sp³-hybridized carbons (Fsp3) is 0.625. The van der Waals surface area contributed by atoms with Crippen molar-refractivity contribution in [2.45, 2.75) is 32.9 Å². The monoisotopic (exact) mass is 261 g/mol. The van der Waals surface area contributed by atoms with E-state index in [4.69, 9.17) is 0 Å². The lowest BCUT2D eigenvalue weighted by Crippen LogP contribution is -2.57. The highest BCUT2D eigenvalue weighted by atomic mass is 15.2. The second-order valence-corrected chi connectivity index (χ2v) is 6.14. The maximum absolute atomic E-state index is 3.60. The summed E-state index contributed by atoms with van der Waals surface area (Å²) in [5.41, 5.74) is 2.93. The predicted octanol–water partition coefficient (Wildman–Crippen LogP) is 1.77. The highest BCUT2D eigenvalue weighted by Crippen LogP contribution is 2.14. The van der Waals surface area contributed by atoms with E-state index in [0.29, 0.717) is 0 Å². The average molecular weight is 261 g/mol. The van der Waals surface area contributed by atoms with Gasteiger partial charge in [0.1, 0.15) is 0 Å². The van der Waals surface area contributed by atoms with Crippen LogP contribution in [0.4, 0.5) is 0 Å². The summed E-state index contributed by atoms with van der Waals surface area (Å²) in [5.74, 6) is 0. The minimum atomic E-state index is 0.228. The second kappa shape index (κ2) is 6.51. The Morgan fingerprint density at radius 3 is 2.68 bits per heavy atom. The standard InChI is InChI=1S/C16H27N3/c1-14-5-4-6-15(11-14)12-18-13-16(2,3)19-9-7-17-8-10-19/h4-6,11,17-18H,7-10,12-13H2,1-3H3. The molecule has 1 aliphatic heterocycles. The van der Waals surface area contributed by atoms with Gasteiger partial charge in [-0.2, -0.15) is 0 Å². The highest BCUT2D eigenvalue weighted by Gasteiger charge is 2.27.